The van der Waals surface area contributed by atoms with Crippen LogP contribution in [-0.2, 0) is 0 Å². The third-order valence-corrected chi connectivity index (χ3v) is 5.18. The molecule has 0 aliphatic carbocycles. The molecule has 29 heavy (non-hydrogen) atoms. The smallest absolute Gasteiger partial charge is 0.322 e. The number of carbonyl (C=O) groups is 1. The van der Waals surface area contributed by atoms with Crippen molar-refractivity contribution in [3.63, 3.8) is 0 Å². The van der Waals surface area contributed by atoms with Crippen molar-refractivity contribution in [3.05, 3.63) is 41.8 Å². The molecule has 0 saturated carbocycles. The molecule has 2 saturated heterocycles. The van der Waals surface area contributed by atoms with E-state index in [1.54, 1.807) is 6.20 Å². The first-order chi connectivity index (χ1) is 14.0. The summed E-state index contributed by atoms with van der Waals surface area (Å²) in [5.74, 6) is -2.80. The fraction of sp³-hybridized carbons (Fsp3) is 0.421. The van der Waals surface area contributed by atoms with Crippen LogP contribution in [0.2, 0.25) is 0 Å². The van der Waals surface area contributed by atoms with Crippen molar-refractivity contribution in [2.45, 2.75) is 12.8 Å². The first-order valence-electron chi connectivity index (χ1n) is 9.55. The minimum absolute atomic E-state index is 0.387. The van der Waals surface area contributed by atoms with Crippen LogP contribution in [-0.4, -0.2) is 60.2 Å². The van der Waals surface area contributed by atoms with Gasteiger partial charge in [0.2, 0.25) is 5.95 Å². The molecule has 0 atom stereocenters. The van der Waals surface area contributed by atoms with Crippen molar-refractivity contribution in [1.82, 2.24) is 14.9 Å². The molecule has 2 fully saturated rings. The van der Waals surface area contributed by atoms with E-state index >= 15 is 0 Å². The molecule has 2 amide bonds. The Kier molecular flexibility index (Phi) is 5.41. The second-order valence-electron chi connectivity index (χ2n) is 7.04. The minimum atomic E-state index is -1.61. The molecule has 7 nitrogen and oxygen atoms in total. The first kappa shape index (κ1) is 19.3. The van der Waals surface area contributed by atoms with Crippen LogP contribution in [0.1, 0.15) is 12.8 Å². The number of rotatable bonds is 3. The van der Waals surface area contributed by atoms with E-state index in [9.17, 15) is 18.0 Å². The molecule has 2 aliphatic rings. The van der Waals surface area contributed by atoms with Crippen molar-refractivity contribution in [2.75, 3.05) is 54.4 Å². The van der Waals surface area contributed by atoms with Gasteiger partial charge in [-0.25, -0.2) is 22.9 Å². The lowest BCUT2D eigenvalue weighted by molar-refractivity contribution is 0.208. The summed E-state index contributed by atoms with van der Waals surface area (Å²) in [6, 6.07) is 3.06. The molecule has 10 heteroatoms. The van der Waals surface area contributed by atoms with Crippen LogP contribution in [0.25, 0.3) is 0 Å². The van der Waals surface area contributed by atoms with Crippen LogP contribution in [0.4, 0.5) is 35.4 Å². The molecule has 0 bridgehead atoms. The Bertz CT molecular complexity index is 898. The summed E-state index contributed by atoms with van der Waals surface area (Å²) in [5.41, 5.74) is -0.387. The Balaban J connectivity index is 1.36. The van der Waals surface area contributed by atoms with Gasteiger partial charge in [-0.1, -0.05) is 0 Å². The van der Waals surface area contributed by atoms with E-state index in [-0.39, 0.29) is 5.69 Å². The number of halogens is 3. The third-order valence-electron chi connectivity index (χ3n) is 5.18. The zero-order chi connectivity index (χ0) is 20.4. The van der Waals surface area contributed by atoms with Crippen LogP contribution in [0.5, 0.6) is 0 Å². The van der Waals surface area contributed by atoms with Crippen LogP contribution >= 0.6 is 0 Å². The Morgan fingerprint density at radius 1 is 0.897 bits per heavy atom. The van der Waals surface area contributed by atoms with Gasteiger partial charge in [0.05, 0.1) is 5.69 Å². The fourth-order valence-electron chi connectivity index (χ4n) is 3.54. The van der Waals surface area contributed by atoms with Crippen molar-refractivity contribution in [2.24, 2.45) is 0 Å². The molecule has 0 unspecified atom stereocenters. The van der Waals surface area contributed by atoms with Gasteiger partial charge < -0.3 is 20.0 Å². The predicted molar refractivity (Wildman–Crippen MR) is 103 cm³/mol. The molecule has 3 heterocycles. The maximum absolute atomic E-state index is 13.8. The van der Waals surface area contributed by atoms with Crippen LogP contribution in [0.3, 0.4) is 0 Å². The zero-order valence-electron chi connectivity index (χ0n) is 15.7. The molecular formula is C19H21F3N6O. The summed E-state index contributed by atoms with van der Waals surface area (Å²) in [4.78, 5) is 27.1. The van der Waals surface area contributed by atoms with Crippen LogP contribution in [0, 0.1) is 17.5 Å². The monoisotopic (exact) mass is 406 g/mol. The number of nitrogens with zero attached hydrogens (tertiary/aromatic N) is 5. The van der Waals surface area contributed by atoms with E-state index in [0.29, 0.717) is 32.1 Å². The van der Waals surface area contributed by atoms with Crippen LogP contribution in [0.15, 0.2) is 24.4 Å². The number of anilines is 3. The summed E-state index contributed by atoms with van der Waals surface area (Å²) in [7, 11) is 0. The number of carbonyl (C=O) groups excluding carboxylic acids is 1. The van der Waals surface area contributed by atoms with Crippen molar-refractivity contribution in [1.29, 1.82) is 0 Å². The third kappa shape index (κ3) is 4.06. The minimum Gasteiger partial charge on any atom is -0.353 e. The molecule has 1 aromatic carbocycles. The molecule has 1 N–H and O–H groups in total. The zero-order valence-corrected chi connectivity index (χ0v) is 15.7. The second-order valence-corrected chi connectivity index (χ2v) is 7.04. The average molecular weight is 406 g/mol. The summed E-state index contributed by atoms with van der Waals surface area (Å²) >= 11 is 0. The van der Waals surface area contributed by atoms with Crippen molar-refractivity contribution in [3.8, 4) is 0 Å². The highest BCUT2D eigenvalue weighted by molar-refractivity contribution is 5.89. The number of aromatic nitrogens is 2. The van der Waals surface area contributed by atoms with Crippen molar-refractivity contribution < 1.29 is 18.0 Å². The summed E-state index contributed by atoms with van der Waals surface area (Å²) in [6.45, 7) is 3.78. The number of urea groups is 1. The average Bonchev–Trinajstić information content (AvgIpc) is 3.29. The van der Waals surface area contributed by atoms with Gasteiger partial charge in [-0.05, 0) is 31.0 Å². The summed E-state index contributed by atoms with van der Waals surface area (Å²) < 4.78 is 40.1. The number of benzene rings is 1. The molecule has 2 aliphatic heterocycles. The van der Waals surface area contributed by atoms with Gasteiger partial charge in [0.15, 0.2) is 17.5 Å². The summed E-state index contributed by atoms with van der Waals surface area (Å²) in [6.07, 6.45) is 4.01. The van der Waals surface area contributed by atoms with E-state index < -0.39 is 23.5 Å². The molecule has 154 valence electrons. The van der Waals surface area contributed by atoms with Gasteiger partial charge in [-0.15, -0.1) is 0 Å². The van der Waals surface area contributed by atoms with Crippen LogP contribution < -0.4 is 15.1 Å². The number of piperazine rings is 1. The number of hydrogen-bond acceptors (Lipinski definition) is 5. The highest BCUT2D eigenvalue weighted by Crippen LogP contribution is 2.22. The SMILES string of the molecule is O=C(Nc1ccc(F)c(F)c1F)N1CCN(c2ccnc(N3CCCC3)n2)CC1. The lowest BCUT2D eigenvalue weighted by Crippen LogP contribution is -2.50. The topological polar surface area (TPSA) is 64.6 Å². The van der Waals surface area contributed by atoms with Gasteiger partial charge >= 0.3 is 6.03 Å². The van der Waals surface area contributed by atoms with E-state index in [2.05, 4.69) is 25.1 Å². The summed E-state index contributed by atoms with van der Waals surface area (Å²) in [5, 5.41) is 2.30. The van der Waals surface area contributed by atoms with Gasteiger partial charge in [0.25, 0.3) is 0 Å². The normalized spacial score (nSPS) is 17.0. The fourth-order valence-corrected chi connectivity index (χ4v) is 3.54. The number of hydrogen-bond donors (Lipinski definition) is 1. The lowest BCUT2D eigenvalue weighted by atomic mass is 10.2. The van der Waals surface area contributed by atoms with E-state index in [1.807, 2.05) is 6.07 Å². The van der Waals surface area contributed by atoms with E-state index in [4.69, 9.17) is 0 Å². The van der Waals surface area contributed by atoms with Gasteiger partial charge in [0.1, 0.15) is 5.82 Å². The number of nitrogens with one attached hydrogen (secondary N) is 1. The van der Waals surface area contributed by atoms with Gasteiger partial charge in [-0.3, -0.25) is 0 Å². The molecular weight excluding hydrogens is 385 g/mol. The Hall–Kier alpha value is -3.04. The Morgan fingerprint density at radius 2 is 1.62 bits per heavy atom. The standard InChI is InChI=1S/C19H21F3N6O/c20-13-3-4-14(17(22)16(13)21)24-19(29)28-11-9-26(10-12-28)15-5-6-23-18(25-15)27-7-1-2-8-27/h3-6H,1-2,7-12H2,(H,24,29). The lowest BCUT2D eigenvalue weighted by Gasteiger charge is -2.35. The molecule has 0 spiro atoms. The van der Waals surface area contributed by atoms with Gasteiger partial charge in [-0.2, -0.15) is 4.98 Å². The Labute approximate surface area is 166 Å². The van der Waals surface area contributed by atoms with E-state index in [0.717, 1.165) is 43.9 Å². The maximum Gasteiger partial charge on any atom is 0.322 e. The number of amides is 2. The quantitative estimate of drug-likeness (QED) is 0.795. The molecule has 2 aromatic rings. The Morgan fingerprint density at radius 3 is 2.34 bits per heavy atom. The van der Waals surface area contributed by atoms with Gasteiger partial charge in [0, 0.05) is 45.5 Å². The largest absolute Gasteiger partial charge is 0.353 e. The van der Waals surface area contributed by atoms with Crippen molar-refractivity contribution >= 4 is 23.5 Å². The highest BCUT2D eigenvalue weighted by Gasteiger charge is 2.24. The van der Waals surface area contributed by atoms with E-state index in [1.165, 1.54) is 4.90 Å². The predicted octanol–water partition coefficient (Wildman–Crippen LogP) is 2.85. The highest BCUT2D eigenvalue weighted by atomic mass is 19.2. The maximum atomic E-state index is 13.8. The molecule has 0 radical (unpaired) electrons. The molecule has 1 aromatic heterocycles. The second kappa shape index (κ2) is 8.14. The first-order valence-corrected chi connectivity index (χ1v) is 9.55. The molecule has 4 rings (SSSR count).